The van der Waals surface area contributed by atoms with Gasteiger partial charge in [-0.3, -0.25) is 0 Å². The van der Waals surface area contributed by atoms with Crippen molar-refractivity contribution in [1.29, 1.82) is 5.26 Å². The predicted molar refractivity (Wildman–Crippen MR) is 184 cm³/mol. The SMILES string of the molecule is N#Cc1c(-c2ccccc2)c(-c2ccccc2)c2cc(-c3ccccc3)cc3c2c1OC(c1ccccc1)=C3c1ccccc1. The summed E-state index contributed by atoms with van der Waals surface area (Å²) in [5, 5.41) is 13.0. The lowest BCUT2D eigenvalue weighted by atomic mass is 9.80. The van der Waals surface area contributed by atoms with Crippen LogP contribution in [0.4, 0.5) is 0 Å². The minimum Gasteiger partial charge on any atom is -0.454 e. The van der Waals surface area contributed by atoms with Crippen LogP contribution >= 0.6 is 0 Å². The molecule has 0 atom stereocenters. The zero-order chi connectivity index (χ0) is 30.2. The van der Waals surface area contributed by atoms with E-state index in [2.05, 4.69) is 115 Å². The van der Waals surface area contributed by atoms with Crippen LogP contribution in [0.2, 0.25) is 0 Å². The fourth-order valence-electron chi connectivity index (χ4n) is 6.54. The van der Waals surface area contributed by atoms with Crippen LogP contribution in [0.25, 0.3) is 55.5 Å². The lowest BCUT2D eigenvalue weighted by Gasteiger charge is -2.29. The molecule has 8 rings (SSSR count). The van der Waals surface area contributed by atoms with Crippen LogP contribution in [0.1, 0.15) is 22.3 Å². The summed E-state index contributed by atoms with van der Waals surface area (Å²) in [4.78, 5) is 0. The molecule has 0 fully saturated rings. The second-order valence-corrected chi connectivity index (χ2v) is 11.1. The standard InChI is InChI=1S/C43H27NO/c44-28-37-39(31-20-10-3-11-21-31)38(30-18-8-2-9-19-30)35-26-34(29-16-6-1-7-17-29)27-36-40(32-22-12-4-13-23-32)42(45-43(37)41(35)36)33-24-14-5-15-25-33/h1-27H. The molecule has 0 N–H and O–H groups in total. The Kier molecular flexibility index (Phi) is 6.56. The summed E-state index contributed by atoms with van der Waals surface area (Å²) in [6, 6.07) is 58.9. The van der Waals surface area contributed by atoms with E-state index >= 15 is 0 Å². The summed E-state index contributed by atoms with van der Waals surface area (Å²) in [5.74, 6) is 1.34. The van der Waals surface area contributed by atoms with Gasteiger partial charge in [-0.05, 0) is 56.5 Å². The summed E-state index contributed by atoms with van der Waals surface area (Å²) >= 11 is 0. The first-order chi connectivity index (χ1) is 22.3. The molecule has 0 aromatic heterocycles. The molecule has 0 aliphatic carbocycles. The molecular formula is C43H27NO. The quantitative estimate of drug-likeness (QED) is 0.205. The highest BCUT2D eigenvalue weighted by Crippen LogP contribution is 2.54. The van der Waals surface area contributed by atoms with Gasteiger partial charge < -0.3 is 4.74 Å². The van der Waals surface area contributed by atoms with Crippen molar-refractivity contribution in [1.82, 2.24) is 0 Å². The minimum atomic E-state index is 0.529. The van der Waals surface area contributed by atoms with E-state index in [9.17, 15) is 5.26 Å². The number of rotatable bonds is 5. The zero-order valence-electron chi connectivity index (χ0n) is 24.4. The highest BCUT2D eigenvalue weighted by atomic mass is 16.5. The van der Waals surface area contributed by atoms with Gasteiger partial charge in [0.2, 0.25) is 0 Å². The molecule has 0 radical (unpaired) electrons. The van der Waals surface area contributed by atoms with Crippen LogP contribution in [0.5, 0.6) is 5.75 Å². The first-order valence-electron chi connectivity index (χ1n) is 15.1. The summed E-state index contributed by atoms with van der Waals surface area (Å²) < 4.78 is 7.03. The Morgan fingerprint density at radius 2 is 0.911 bits per heavy atom. The third-order valence-corrected chi connectivity index (χ3v) is 8.50. The van der Waals surface area contributed by atoms with Gasteiger partial charge in [0.05, 0.1) is 0 Å². The van der Waals surface area contributed by atoms with Crippen molar-refractivity contribution in [2.45, 2.75) is 0 Å². The number of ether oxygens (including phenoxy) is 1. The monoisotopic (exact) mass is 573 g/mol. The maximum Gasteiger partial charge on any atom is 0.154 e. The summed E-state index contributed by atoms with van der Waals surface area (Å²) in [7, 11) is 0. The molecule has 0 saturated heterocycles. The average molecular weight is 574 g/mol. The van der Waals surface area contributed by atoms with Crippen molar-refractivity contribution in [3.63, 3.8) is 0 Å². The maximum absolute atomic E-state index is 11.0. The number of nitrogens with zero attached hydrogens (tertiary/aromatic N) is 1. The van der Waals surface area contributed by atoms with Gasteiger partial charge in [0, 0.05) is 22.1 Å². The molecule has 1 aliphatic rings. The molecule has 0 spiro atoms. The zero-order valence-corrected chi connectivity index (χ0v) is 24.4. The van der Waals surface area contributed by atoms with Crippen molar-refractivity contribution in [3.8, 4) is 45.2 Å². The van der Waals surface area contributed by atoms with Gasteiger partial charge in [-0.15, -0.1) is 0 Å². The smallest absolute Gasteiger partial charge is 0.154 e. The first kappa shape index (κ1) is 26.5. The fraction of sp³-hybridized carbons (Fsp3) is 0. The van der Waals surface area contributed by atoms with E-state index in [4.69, 9.17) is 4.74 Å². The molecule has 2 nitrogen and oxygen atoms in total. The van der Waals surface area contributed by atoms with Gasteiger partial charge in [0.1, 0.15) is 17.4 Å². The van der Waals surface area contributed by atoms with E-state index in [0.29, 0.717) is 11.3 Å². The lowest BCUT2D eigenvalue weighted by molar-refractivity contribution is 0.518. The largest absolute Gasteiger partial charge is 0.454 e. The summed E-state index contributed by atoms with van der Waals surface area (Å²) in [6.07, 6.45) is 0. The van der Waals surface area contributed by atoms with Crippen molar-refractivity contribution in [3.05, 3.63) is 186 Å². The topological polar surface area (TPSA) is 33.0 Å². The molecule has 45 heavy (non-hydrogen) atoms. The van der Waals surface area contributed by atoms with Crippen molar-refractivity contribution < 1.29 is 4.74 Å². The Morgan fingerprint density at radius 1 is 0.444 bits per heavy atom. The number of nitriles is 1. The second-order valence-electron chi connectivity index (χ2n) is 11.1. The third kappa shape index (κ3) is 4.50. The van der Waals surface area contributed by atoms with Gasteiger partial charge in [0.15, 0.2) is 5.75 Å². The second kappa shape index (κ2) is 11.2. The molecule has 0 saturated carbocycles. The minimum absolute atomic E-state index is 0.529. The van der Waals surface area contributed by atoms with Gasteiger partial charge in [-0.25, -0.2) is 0 Å². The van der Waals surface area contributed by atoms with Gasteiger partial charge in [0.25, 0.3) is 0 Å². The Balaban J connectivity index is 1.61. The van der Waals surface area contributed by atoms with Crippen molar-refractivity contribution in [2.24, 2.45) is 0 Å². The summed E-state index contributed by atoms with van der Waals surface area (Å²) in [6.45, 7) is 0. The number of hydrogen-bond donors (Lipinski definition) is 0. The van der Waals surface area contributed by atoms with E-state index in [-0.39, 0.29) is 0 Å². The van der Waals surface area contributed by atoms with Crippen molar-refractivity contribution in [2.75, 3.05) is 0 Å². The number of benzene rings is 7. The predicted octanol–water partition coefficient (Wildman–Crippen LogP) is 11.0. The first-order valence-corrected chi connectivity index (χ1v) is 15.1. The summed E-state index contributed by atoms with van der Waals surface area (Å²) in [5.41, 5.74) is 10.7. The molecule has 0 bridgehead atoms. The number of hydrogen-bond acceptors (Lipinski definition) is 2. The normalized spacial score (nSPS) is 12.1. The molecule has 1 heterocycles. The Labute approximate surface area is 262 Å². The molecule has 2 heteroatoms. The lowest BCUT2D eigenvalue weighted by Crippen LogP contribution is -2.10. The van der Waals surface area contributed by atoms with Gasteiger partial charge >= 0.3 is 0 Å². The van der Waals surface area contributed by atoms with E-state index in [1.165, 1.54) is 0 Å². The van der Waals surface area contributed by atoms with Crippen LogP contribution in [-0.4, -0.2) is 0 Å². The molecule has 1 aliphatic heterocycles. The van der Waals surface area contributed by atoms with Crippen LogP contribution in [0, 0.1) is 11.3 Å². The highest BCUT2D eigenvalue weighted by molar-refractivity contribution is 6.18. The van der Waals surface area contributed by atoms with E-state index < -0.39 is 0 Å². The highest BCUT2D eigenvalue weighted by Gasteiger charge is 2.32. The van der Waals surface area contributed by atoms with Crippen molar-refractivity contribution >= 4 is 22.1 Å². The Morgan fingerprint density at radius 3 is 1.44 bits per heavy atom. The van der Waals surface area contributed by atoms with Gasteiger partial charge in [-0.1, -0.05) is 152 Å². The third-order valence-electron chi connectivity index (χ3n) is 8.50. The average Bonchev–Trinajstić information content (AvgIpc) is 3.13. The van der Waals surface area contributed by atoms with Crippen LogP contribution in [0.15, 0.2) is 164 Å². The van der Waals surface area contributed by atoms with Crippen LogP contribution < -0.4 is 4.74 Å². The maximum atomic E-state index is 11.0. The molecule has 7 aromatic carbocycles. The Hall–Kier alpha value is -6.17. The van der Waals surface area contributed by atoms with E-state index in [1.54, 1.807) is 0 Å². The Bertz CT molecular complexity index is 2250. The van der Waals surface area contributed by atoms with E-state index in [0.717, 1.165) is 72.2 Å². The molecular weight excluding hydrogens is 546 g/mol. The fourth-order valence-corrected chi connectivity index (χ4v) is 6.54. The van der Waals surface area contributed by atoms with E-state index in [1.807, 2.05) is 54.6 Å². The molecule has 0 unspecified atom stereocenters. The molecule has 7 aromatic rings. The molecule has 0 amide bonds. The van der Waals surface area contributed by atoms with Gasteiger partial charge in [-0.2, -0.15) is 5.26 Å². The molecule has 210 valence electrons. The van der Waals surface area contributed by atoms with Crippen LogP contribution in [0.3, 0.4) is 0 Å². The van der Waals surface area contributed by atoms with Crippen LogP contribution in [-0.2, 0) is 0 Å².